The molecule has 0 aliphatic rings. The first kappa shape index (κ1) is 22.3. The maximum absolute atomic E-state index is 10.7. The number of nitrogens with zero attached hydrogens (tertiary/aromatic N) is 1. The van der Waals surface area contributed by atoms with Crippen LogP contribution in [-0.2, 0) is 22.6 Å². The number of furan rings is 1. The molecule has 0 aliphatic carbocycles. The van der Waals surface area contributed by atoms with Crippen LogP contribution in [0.5, 0.6) is 5.75 Å². The van der Waals surface area contributed by atoms with Crippen LogP contribution in [0, 0.1) is 0 Å². The van der Waals surface area contributed by atoms with E-state index in [2.05, 4.69) is 15.6 Å². The van der Waals surface area contributed by atoms with E-state index in [1.54, 1.807) is 6.26 Å². The predicted molar refractivity (Wildman–Crippen MR) is 112 cm³/mol. The fourth-order valence-electron chi connectivity index (χ4n) is 2.50. The van der Waals surface area contributed by atoms with Crippen LogP contribution in [0.2, 0.25) is 0 Å². The minimum atomic E-state index is -0.488. The normalized spacial score (nSPS) is 11.3. The third-order valence-corrected chi connectivity index (χ3v) is 3.90. The summed E-state index contributed by atoms with van der Waals surface area (Å²) in [6.45, 7) is 5.27. The number of amides is 1. The number of hydrogen-bond acceptors (Lipinski definition) is 5. The van der Waals surface area contributed by atoms with Crippen molar-refractivity contribution in [1.29, 1.82) is 0 Å². The molecule has 0 saturated carbocycles. The number of rotatable bonds is 13. The highest BCUT2D eigenvalue weighted by atomic mass is 16.5. The SMILES string of the molecule is CCNC(=NCCCOCc1ccco1)NCCc1ccc(OCC(N)=O)cc1. The van der Waals surface area contributed by atoms with Crippen LogP contribution in [-0.4, -0.2) is 44.7 Å². The third kappa shape index (κ3) is 9.66. The van der Waals surface area contributed by atoms with Crippen molar-refractivity contribution in [2.75, 3.05) is 32.8 Å². The van der Waals surface area contributed by atoms with Crippen LogP contribution >= 0.6 is 0 Å². The van der Waals surface area contributed by atoms with Gasteiger partial charge in [0.2, 0.25) is 0 Å². The number of carbonyl (C=O) groups excluding carboxylic acids is 1. The Bertz CT molecular complexity index is 730. The van der Waals surface area contributed by atoms with E-state index in [-0.39, 0.29) is 6.61 Å². The molecule has 1 aromatic carbocycles. The maximum Gasteiger partial charge on any atom is 0.255 e. The number of aliphatic imine (C=N–C) groups is 1. The average molecular weight is 402 g/mol. The lowest BCUT2D eigenvalue weighted by atomic mass is 10.1. The van der Waals surface area contributed by atoms with Gasteiger partial charge in [0.25, 0.3) is 5.91 Å². The molecule has 1 heterocycles. The predicted octanol–water partition coefficient (Wildman–Crippen LogP) is 1.85. The Morgan fingerprint density at radius 3 is 2.72 bits per heavy atom. The number of nitrogens with two attached hydrogens (primary N) is 1. The largest absolute Gasteiger partial charge is 0.484 e. The lowest BCUT2D eigenvalue weighted by molar-refractivity contribution is -0.119. The van der Waals surface area contributed by atoms with Crippen LogP contribution in [0.4, 0.5) is 0 Å². The Morgan fingerprint density at radius 1 is 1.21 bits per heavy atom. The molecule has 29 heavy (non-hydrogen) atoms. The van der Waals surface area contributed by atoms with Gasteiger partial charge in [-0.1, -0.05) is 12.1 Å². The maximum atomic E-state index is 10.7. The van der Waals surface area contributed by atoms with Crippen LogP contribution in [0.15, 0.2) is 52.1 Å². The molecule has 0 spiro atoms. The number of ether oxygens (including phenoxy) is 2. The standard InChI is InChI=1S/C21H30N4O4/c1-2-23-21(24-11-4-13-27-15-19-5-3-14-28-19)25-12-10-17-6-8-18(9-7-17)29-16-20(22)26/h3,5-9,14H,2,4,10-13,15-16H2,1H3,(H2,22,26)(H2,23,24,25). The van der Waals surface area contributed by atoms with E-state index in [1.165, 1.54) is 0 Å². The number of nitrogens with one attached hydrogen (secondary N) is 2. The first-order chi connectivity index (χ1) is 14.2. The number of hydrogen-bond donors (Lipinski definition) is 3. The quantitative estimate of drug-likeness (QED) is 0.268. The molecule has 0 saturated heterocycles. The molecule has 2 rings (SSSR count). The van der Waals surface area contributed by atoms with Gasteiger partial charge in [0, 0.05) is 26.2 Å². The first-order valence-electron chi connectivity index (χ1n) is 9.79. The molecular weight excluding hydrogens is 372 g/mol. The van der Waals surface area contributed by atoms with Gasteiger partial charge in [0.15, 0.2) is 12.6 Å². The van der Waals surface area contributed by atoms with Gasteiger partial charge >= 0.3 is 0 Å². The van der Waals surface area contributed by atoms with Gasteiger partial charge in [-0.15, -0.1) is 0 Å². The molecule has 8 nitrogen and oxygen atoms in total. The molecule has 8 heteroatoms. The molecule has 1 aromatic heterocycles. The molecule has 0 fully saturated rings. The first-order valence-corrected chi connectivity index (χ1v) is 9.79. The zero-order valence-corrected chi connectivity index (χ0v) is 16.9. The number of guanidine groups is 1. The Hall–Kier alpha value is -3.00. The van der Waals surface area contributed by atoms with Gasteiger partial charge in [0.1, 0.15) is 18.1 Å². The zero-order valence-electron chi connectivity index (χ0n) is 16.9. The van der Waals surface area contributed by atoms with Crippen molar-refractivity contribution < 1.29 is 18.7 Å². The second-order valence-electron chi connectivity index (χ2n) is 6.32. The summed E-state index contributed by atoms with van der Waals surface area (Å²) in [6.07, 6.45) is 3.32. The van der Waals surface area contributed by atoms with Gasteiger partial charge in [-0.25, -0.2) is 0 Å². The smallest absolute Gasteiger partial charge is 0.255 e. The Balaban J connectivity index is 1.64. The van der Waals surface area contributed by atoms with E-state index in [0.29, 0.717) is 25.5 Å². The van der Waals surface area contributed by atoms with Crippen LogP contribution in [0.3, 0.4) is 0 Å². The molecule has 2 aromatic rings. The summed E-state index contributed by atoms with van der Waals surface area (Å²) in [4.78, 5) is 15.3. The lowest BCUT2D eigenvalue weighted by Gasteiger charge is -2.11. The summed E-state index contributed by atoms with van der Waals surface area (Å²) >= 11 is 0. The summed E-state index contributed by atoms with van der Waals surface area (Å²) in [5.41, 5.74) is 6.23. The van der Waals surface area contributed by atoms with Crippen molar-refractivity contribution >= 4 is 11.9 Å². The second kappa shape index (κ2) is 13.2. The van der Waals surface area contributed by atoms with Crippen molar-refractivity contribution in [2.24, 2.45) is 10.7 Å². The van der Waals surface area contributed by atoms with E-state index >= 15 is 0 Å². The summed E-state index contributed by atoms with van der Waals surface area (Å²) in [5, 5.41) is 6.57. The fraction of sp³-hybridized carbons (Fsp3) is 0.429. The lowest BCUT2D eigenvalue weighted by Crippen LogP contribution is -2.38. The number of benzene rings is 1. The molecule has 4 N–H and O–H groups in total. The molecule has 0 unspecified atom stereocenters. The summed E-state index contributed by atoms with van der Waals surface area (Å²) in [6, 6.07) is 11.4. The minimum absolute atomic E-state index is 0.114. The fourth-order valence-corrected chi connectivity index (χ4v) is 2.50. The summed E-state index contributed by atoms with van der Waals surface area (Å²) in [7, 11) is 0. The molecule has 0 bridgehead atoms. The van der Waals surface area contributed by atoms with Crippen molar-refractivity contribution in [2.45, 2.75) is 26.4 Å². The van der Waals surface area contributed by atoms with Gasteiger partial charge in [-0.2, -0.15) is 0 Å². The van der Waals surface area contributed by atoms with E-state index in [4.69, 9.17) is 19.6 Å². The van der Waals surface area contributed by atoms with Crippen LogP contribution in [0.1, 0.15) is 24.7 Å². The highest BCUT2D eigenvalue weighted by Crippen LogP contribution is 2.12. The van der Waals surface area contributed by atoms with Crippen molar-refractivity contribution in [1.82, 2.24) is 10.6 Å². The van der Waals surface area contributed by atoms with Gasteiger partial charge in [0.05, 0.1) is 6.26 Å². The zero-order chi connectivity index (χ0) is 20.7. The molecule has 1 amide bonds. The topological polar surface area (TPSA) is 111 Å². The molecular formula is C21H30N4O4. The number of carbonyl (C=O) groups is 1. The van der Waals surface area contributed by atoms with E-state index in [0.717, 1.165) is 43.2 Å². The second-order valence-corrected chi connectivity index (χ2v) is 6.32. The van der Waals surface area contributed by atoms with E-state index in [9.17, 15) is 4.79 Å². The number of primary amides is 1. The van der Waals surface area contributed by atoms with Crippen molar-refractivity contribution in [3.63, 3.8) is 0 Å². The van der Waals surface area contributed by atoms with Gasteiger partial charge in [-0.3, -0.25) is 9.79 Å². The van der Waals surface area contributed by atoms with E-state index in [1.807, 2.05) is 43.3 Å². The Labute approximate surface area is 171 Å². The molecule has 0 aliphatic heterocycles. The van der Waals surface area contributed by atoms with Gasteiger partial charge in [-0.05, 0) is 49.6 Å². The summed E-state index contributed by atoms with van der Waals surface area (Å²) in [5.74, 6) is 1.76. The van der Waals surface area contributed by atoms with Crippen LogP contribution < -0.4 is 21.1 Å². The molecule has 0 radical (unpaired) electrons. The summed E-state index contributed by atoms with van der Waals surface area (Å²) < 4.78 is 16.0. The van der Waals surface area contributed by atoms with Crippen molar-refractivity contribution in [3.8, 4) is 5.75 Å². The monoisotopic (exact) mass is 402 g/mol. The third-order valence-electron chi connectivity index (χ3n) is 3.90. The average Bonchev–Trinajstić information content (AvgIpc) is 3.23. The minimum Gasteiger partial charge on any atom is -0.484 e. The highest BCUT2D eigenvalue weighted by Gasteiger charge is 2.01. The molecule has 0 atom stereocenters. The Morgan fingerprint density at radius 2 is 2.03 bits per heavy atom. The van der Waals surface area contributed by atoms with Gasteiger partial charge < -0.3 is 30.3 Å². The Kier molecular flexibility index (Phi) is 10.2. The molecule has 158 valence electrons. The highest BCUT2D eigenvalue weighted by molar-refractivity contribution is 5.79. The van der Waals surface area contributed by atoms with E-state index < -0.39 is 5.91 Å². The van der Waals surface area contributed by atoms with Crippen molar-refractivity contribution in [3.05, 3.63) is 54.0 Å². The van der Waals surface area contributed by atoms with Crippen LogP contribution in [0.25, 0.3) is 0 Å².